The third kappa shape index (κ3) is 3.97. The van der Waals surface area contributed by atoms with Crippen molar-refractivity contribution < 1.29 is 14.3 Å². The number of aryl methyl sites for hydroxylation is 1. The molecule has 0 radical (unpaired) electrons. The fourth-order valence-corrected chi connectivity index (χ4v) is 3.04. The summed E-state index contributed by atoms with van der Waals surface area (Å²) in [4.78, 5) is 28.6. The van der Waals surface area contributed by atoms with Gasteiger partial charge in [0.05, 0.1) is 11.3 Å². The van der Waals surface area contributed by atoms with E-state index in [0.717, 1.165) is 30.0 Å². The van der Waals surface area contributed by atoms with Gasteiger partial charge >= 0.3 is 5.97 Å². The summed E-state index contributed by atoms with van der Waals surface area (Å²) in [5.74, 6) is -0.728. The molecule has 1 aromatic carbocycles. The summed E-state index contributed by atoms with van der Waals surface area (Å²) in [6.45, 7) is 6.57. The Kier molecular flexibility index (Phi) is 5.49. The number of carbonyl (C=O) groups excluding carboxylic acids is 2. The van der Waals surface area contributed by atoms with Crippen molar-refractivity contribution in [3.63, 3.8) is 0 Å². The second kappa shape index (κ2) is 7.99. The topological polar surface area (TPSA) is 79.0 Å². The molecule has 0 amide bonds. The van der Waals surface area contributed by atoms with Gasteiger partial charge in [0.2, 0.25) is 5.78 Å². The normalized spacial score (nSPS) is 10.8. The van der Waals surface area contributed by atoms with Crippen LogP contribution in [0.2, 0.25) is 0 Å². The Morgan fingerprint density at radius 1 is 1.15 bits per heavy atom. The predicted molar refractivity (Wildman–Crippen MR) is 100 cm³/mol. The van der Waals surface area contributed by atoms with Crippen LogP contribution < -0.4 is 0 Å². The van der Waals surface area contributed by atoms with Gasteiger partial charge in [-0.05, 0) is 50.6 Å². The number of esters is 1. The number of carbonyl (C=O) groups is 2. The molecule has 0 unspecified atom stereocenters. The molecule has 7 heteroatoms. The highest BCUT2D eigenvalue weighted by molar-refractivity contribution is 6.00. The number of Topliss-reactive ketones (excluding diaryl/α,β-unsaturated/α-hetero) is 1. The van der Waals surface area contributed by atoms with Crippen LogP contribution in [0.15, 0.2) is 43.0 Å². The van der Waals surface area contributed by atoms with E-state index in [4.69, 9.17) is 4.74 Å². The molecular formula is C20H22N4O3. The van der Waals surface area contributed by atoms with Crippen molar-refractivity contribution in [2.75, 3.05) is 6.61 Å². The van der Waals surface area contributed by atoms with E-state index >= 15 is 0 Å². The highest BCUT2D eigenvalue weighted by atomic mass is 16.5. The minimum atomic E-state index is -0.532. The highest BCUT2D eigenvalue weighted by Gasteiger charge is 2.17. The molecule has 0 fully saturated rings. The second-order valence-corrected chi connectivity index (χ2v) is 6.32. The first kappa shape index (κ1) is 18.6. The lowest BCUT2D eigenvalue weighted by atomic mass is 10.1. The van der Waals surface area contributed by atoms with Crippen molar-refractivity contribution in [1.29, 1.82) is 0 Å². The lowest BCUT2D eigenvalue weighted by molar-refractivity contribution is 0.0474. The van der Waals surface area contributed by atoms with E-state index in [9.17, 15) is 9.59 Å². The van der Waals surface area contributed by atoms with Crippen molar-refractivity contribution in [2.45, 2.75) is 33.7 Å². The summed E-state index contributed by atoms with van der Waals surface area (Å²) < 4.78 is 8.90. The molecule has 2 aromatic heterocycles. The summed E-state index contributed by atoms with van der Waals surface area (Å²) in [6, 6.07) is 8.61. The Balaban J connectivity index is 1.63. The van der Waals surface area contributed by atoms with E-state index in [1.165, 1.54) is 6.33 Å². The van der Waals surface area contributed by atoms with Crippen molar-refractivity contribution in [1.82, 2.24) is 19.3 Å². The minimum absolute atomic E-state index is 0.196. The first-order chi connectivity index (χ1) is 13.0. The van der Waals surface area contributed by atoms with Crippen LogP contribution in [0.5, 0.6) is 0 Å². The quantitative estimate of drug-likeness (QED) is 0.474. The number of hydrogen-bond acceptors (Lipinski definition) is 5. The zero-order chi connectivity index (χ0) is 19.4. The van der Waals surface area contributed by atoms with Gasteiger partial charge in [-0.25, -0.2) is 14.5 Å². The van der Waals surface area contributed by atoms with Crippen LogP contribution in [0.3, 0.4) is 0 Å². The highest BCUT2D eigenvalue weighted by Crippen LogP contribution is 2.17. The second-order valence-electron chi connectivity index (χ2n) is 6.32. The van der Waals surface area contributed by atoms with Crippen LogP contribution in [0.25, 0.3) is 5.69 Å². The summed E-state index contributed by atoms with van der Waals surface area (Å²) >= 11 is 0. The number of benzene rings is 1. The van der Waals surface area contributed by atoms with Gasteiger partial charge in [0, 0.05) is 23.5 Å². The molecule has 27 heavy (non-hydrogen) atoms. The van der Waals surface area contributed by atoms with Gasteiger partial charge in [-0.1, -0.05) is 6.92 Å². The predicted octanol–water partition coefficient (Wildman–Crippen LogP) is 3.14. The number of rotatable bonds is 7. The zero-order valence-electron chi connectivity index (χ0n) is 15.7. The molecule has 0 aliphatic carbocycles. The van der Waals surface area contributed by atoms with Gasteiger partial charge in [-0.15, -0.1) is 0 Å². The molecule has 0 saturated carbocycles. The molecule has 7 nitrogen and oxygen atoms in total. The third-order valence-electron chi connectivity index (χ3n) is 4.44. The molecule has 0 aliphatic heterocycles. The van der Waals surface area contributed by atoms with Crippen LogP contribution in [0.4, 0.5) is 0 Å². The van der Waals surface area contributed by atoms with Crippen molar-refractivity contribution in [3.8, 4) is 5.69 Å². The Labute approximate surface area is 157 Å². The molecule has 0 aliphatic rings. The van der Waals surface area contributed by atoms with Gasteiger partial charge in [0.25, 0.3) is 0 Å². The van der Waals surface area contributed by atoms with E-state index in [1.807, 2.05) is 19.9 Å². The Morgan fingerprint density at radius 3 is 2.52 bits per heavy atom. The fraction of sp³-hybridized carbons (Fsp3) is 0.300. The fourth-order valence-electron chi connectivity index (χ4n) is 3.04. The average Bonchev–Trinajstić information content (AvgIpc) is 3.30. The van der Waals surface area contributed by atoms with E-state index < -0.39 is 5.97 Å². The number of ether oxygens (including phenoxy) is 1. The van der Waals surface area contributed by atoms with E-state index in [-0.39, 0.29) is 12.4 Å². The SMILES string of the molecule is CCCn1c(C)cc(C(=O)COC(=O)c2ccc(-n3cncn3)cc2)c1C. The minimum Gasteiger partial charge on any atom is -0.454 e. The lowest BCUT2D eigenvalue weighted by Crippen LogP contribution is -2.15. The maximum absolute atomic E-state index is 12.5. The smallest absolute Gasteiger partial charge is 0.338 e. The number of aromatic nitrogens is 4. The molecule has 140 valence electrons. The van der Waals surface area contributed by atoms with Crippen LogP contribution in [-0.2, 0) is 11.3 Å². The summed E-state index contributed by atoms with van der Waals surface area (Å²) in [5, 5.41) is 4.03. The standard InChI is InChI=1S/C20H22N4O3/c1-4-9-23-14(2)10-18(15(23)3)19(25)11-27-20(26)16-5-7-17(8-6-16)24-13-21-12-22-24/h5-8,10,12-13H,4,9,11H2,1-3H3. The largest absolute Gasteiger partial charge is 0.454 e. The van der Waals surface area contributed by atoms with E-state index in [1.54, 1.807) is 35.3 Å². The number of nitrogens with zero attached hydrogens (tertiary/aromatic N) is 4. The van der Waals surface area contributed by atoms with Crippen LogP contribution >= 0.6 is 0 Å². The molecule has 2 heterocycles. The van der Waals surface area contributed by atoms with Crippen molar-refractivity contribution in [3.05, 3.63) is 65.5 Å². The Hall–Kier alpha value is -3.22. The van der Waals surface area contributed by atoms with Gasteiger partial charge in [-0.2, -0.15) is 5.10 Å². The summed E-state index contributed by atoms with van der Waals surface area (Å²) in [6.07, 6.45) is 4.00. The number of hydrogen-bond donors (Lipinski definition) is 0. The monoisotopic (exact) mass is 366 g/mol. The molecule has 3 aromatic rings. The van der Waals surface area contributed by atoms with E-state index in [2.05, 4.69) is 21.6 Å². The maximum Gasteiger partial charge on any atom is 0.338 e. The van der Waals surface area contributed by atoms with Crippen LogP contribution in [-0.4, -0.2) is 37.7 Å². The van der Waals surface area contributed by atoms with Crippen molar-refractivity contribution >= 4 is 11.8 Å². The Morgan fingerprint density at radius 2 is 1.89 bits per heavy atom. The zero-order valence-corrected chi connectivity index (χ0v) is 15.7. The van der Waals surface area contributed by atoms with Crippen molar-refractivity contribution in [2.24, 2.45) is 0 Å². The third-order valence-corrected chi connectivity index (χ3v) is 4.44. The Bertz CT molecular complexity index is 941. The van der Waals surface area contributed by atoms with Crippen LogP contribution in [0.1, 0.15) is 45.4 Å². The summed E-state index contributed by atoms with van der Waals surface area (Å²) in [7, 11) is 0. The molecular weight excluding hydrogens is 344 g/mol. The van der Waals surface area contributed by atoms with Gasteiger partial charge in [0.15, 0.2) is 6.61 Å². The molecule has 3 rings (SSSR count). The number of ketones is 1. The average molecular weight is 366 g/mol. The first-order valence-electron chi connectivity index (χ1n) is 8.83. The molecule has 0 bridgehead atoms. The van der Waals surface area contributed by atoms with Gasteiger partial charge in [-0.3, -0.25) is 4.79 Å². The molecule has 0 saturated heterocycles. The molecule has 0 spiro atoms. The summed E-state index contributed by atoms with van der Waals surface area (Å²) in [5.41, 5.74) is 3.71. The van der Waals surface area contributed by atoms with Gasteiger partial charge in [0.1, 0.15) is 12.7 Å². The lowest BCUT2D eigenvalue weighted by Gasteiger charge is -2.08. The van der Waals surface area contributed by atoms with Gasteiger partial charge < -0.3 is 9.30 Å². The molecule has 0 N–H and O–H groups in total. The molecule has 0 atom stereocenters. The first-order valence-corrected chi connectivity index (χ1v) is 8.83. The maximum atomic E-state index is 12.5. The van der Waals surface area contributed by atoms with Crippen LogP contribution in [0, 0.1) is 13.8 Å². The van der Waals surface area contributed by atoms with E-state index in [0.29, 0.717) is 11.1 Å².